The molecule has 5 nitrogen and oxygen atoms in total. The molecule has 0 spiro atoms. The maximum atomic E-state index is 12.9. The summed E-state index contributed by atoms with van der Waals surface area (Å²) in [6.45, 7) is 8.06. The number of benzene rings is 1. The molecule has 3 aromatic rings. The van der Waals surface area contributed by atoms with Gasteiger partial charge in [0.1, 0.15) is 0 Å². The molecule has 0 atom stereocenters. The molecule has 0 fully saturated rings. The Balaban J connectivity index is 1.76. The highest BCUT2D eigenvalue weighted by Gasteiger charge is 2.31. The molecule has 0 unspecified atom stereocenters. The van der Waals surface area contributed by atoms with Crippen molar-refractivity contribution in [3.8, 4) is 11.4 Å². The third-order valence-electron chi connectivity index (χ3n) is 4.61. The highest BCUT2D eigenvalue weighted by molar-refractivity contribution is 7.99. The van der Waals surface area contributed by atoms with Crippen LogP contribution >= 0.6 is 34.7 Å². The average molecular weight is 489 g/mol. The number of nitrogens with zero attached hydrogens (tertiary/aromatic N) is 3. The average Bonchev–Trinajstić information content (AvgIpc) is 3.24. The molecule has 0 bridgehead atoms. The van der Waals surface area contributed by atoms with Gasteiger partial charge in [0.15, 0.2) is 11.0 Å². The molecule has 2 aromatic heterocycles. The van der Waals surface area contributed by atoms with Crippen LogP contribution in [0.25, 0.3) is 11.4 Å². The number of amides is 1. The van der Waals surface area contributed by atoms with Crippen molar-refractivity contribution in [3.63, 3.8) is 0 Å². The topological polar surface area (TPSA) is 59.8 Å². The molecule has 0 radical (unpaired) electrons. The minimum Gasteiger partial charge on any atom is -0.324 e. The van der Waals surface area contributed by atoms with Crippen LogP contribution in [0.4, 0.5) is 18.9 Å². The van der Waals surface area contributed by atoms with Crippen LogP contribution in [0.2, 0.25) is 5.02 Å². The minimum absolute atomic E-state index is 0.0299. The van der Waals surface area contributed by atoms with Crippen molar-refractivity contribution in [1.29, 1.82) is 0 Å². The van der Waals surface area contributed by atoms with Crippen molar-refractivity contribution >= 4 is 46.3 Å². The van der Waals surface area contributed by atoms with Crippen molar-refractivity contribution in [2.45, 2.75) is 45.1 Å². The Morgan fingerprint density at radius 2 is 2.00 bits per heavy atom. The standard InChI is InChI=1S/C20H20ClF3N4OS2/c1-10(2)28-18(14-8-30-12(4)11(14)3)26-27-19(28)31-9-17(29)25-16-7-13(20(22,23)24)5-6-15(16)21/h5-8,10H,9H2,1-4H3,(H,25,29). The van der Waals surface area contributed by atoms with Crippen LogP contribution in [0, 0.1) is 13.8 Å². The number of rotatable bonds is 6. The monoisotopic (exact) mass is 488 g/mol. The summed E-state index contributed by atoms with van der Waals surface area (Å²) in [4.78, 5) is 13.6. The number of thiophene rings is 1. The number of halogens is 4. The van der Waals surface area contributed by atoms with E-state index in [4.69, 9.17) is 11.6 Å². The molecule has 0 aliphatic heterocycles. The van der Waals surface area contributed by atoms with Gasteiger partial charge in [-0.1, -0.05) is 23.4 Å². The van der Waals surface area contributed by atoms with Crippen LogP contribution in [-0.2, 0) is 11.0 Å². The summed E-state index contributed by atoms with van der Waals surface area (Å²) in [6, 6.07) is 2.85. The molecule has 0 saturated heterocycles. The van der Waals surface area contributed by atoms with E-state index in [2.05, 4.69) is 15.5 Å². The van der Waals surface area contributed by atoms with Gasteiger partial charge in [-0.3, -0.25) is 9.36 Å². The van der Waals surface area contributed by atoms with E-state index in [0.717, 1.165) is 46.9 Å². The largest absolute Gasteiger partial charge is 0.416 e. The molecule has 11 heteroatoms. The summed E-state index contributed by atoms with van der Waals surface area (Å²) in [7, 11) is 0. The van der Waals surface area contributed by atoms with E-state index in [1.165, 1.54) is 4.88 Å². The van der Waals surface area contributed by atoms with Crippen molar-refractivity contribution in [2.75, 3.05) is 11.1 Å². The predicted octanol–water partition coefficient (Wildman–Crippen LogP) is 6.61. The van der Waals surface area contributed by atoms with Crippen LogP contribution in [0.15, 0.2) is 28.7 Å². The number of carbonyl (C=O) groups excluding carboxylic acids is 1. The lowest BCUT2D eigenvalue weighted by Crippen LogP contribution is -2.16. The zero-order chi connectivity index (χ0) is 22.9. The number of aryl methyl sites for hydroxylation is 1. The van der Waals surface area contributed by atoms with Gasteiger partial charge in [0.25, 0.3) is 0 Å². The lowest BCUT2D eigenvalue weighted by Gasteiger charge is -2.14. The van der Waals surface area contributed by atoms with E-state index < -0.39 is 17.6 Å². The van der Waals surface area contributed by atoms with Crippen molar-refractivity contribution < 1.29 is 18.0 Å². The normalized spacial score (nSPS) is 11.9. The van der Waals surface area contributed by atoms with E-state index in [1.54, 1.807) is 11.3 Å². The first kappa shape index (κ1) is 23.6. The first-order valence-electron chi connectivity index (χ1n) is 9.28. The zero-order valence-corrected chi connectivity index (χ0v) is 19.6. The molecule has 31 heavy (non-hydrogen) atoms. The lowest BCUT2D eigenvalue weighted by molar-refractivity contribution is -0.137. The molecular formula is C20H20ClF3N4OS2. The molecule has 166 valence electrons. The Labute approximate surface area is 191 Å². The fourth-order valence-corrected chi connectivity index (χ4v) is 4.77. The van der Waals surface area contributed by atoms with E-state index in [-0.39, 0.29) is 22.5 Å². The Bertz CT molecular complexity index is 1110. The molecule has 2 heterocycles. The zero-order valence-electron chi connectivity index (χ0n) is 17.2. The van der Waals surface area contributed by atoms with Gasteiger partial charge in [0, 0.05) is 21.9 Å². The lowest BCUT2D eigenvalue weighted by atomic mass is 10.1. The number of nitrogens with one attached hydrogen (secondary N) is 1. The smallest absolute Gasteiger partial charge is 0.324 e. The third-order valence-corrected chi connectivity index (χ3v) is 6.89. The van der Waals surface area contributed by atoms with Gasteiger partial charge >= 0.3 is 6.18 Å². The summed E-state index contributed by atoms with van der Waals surface area (Å²) in [5, 5.41) is 13.6. The van der Waals surface area contributed by atoms with Crippen LogP contribution in [0.1, 0.15) is 35.9 Å². The highest BCUT2D eigenvalue weighted by atomic mass is 35.5. The second-order valence-corrected chi connectivity index (χ2v) is 9.56. The maximum absolute atomic E-state index is 12.9. The molecule has 3 rings (SSSR count). The third kappa shape index (κ3) is 5.24. The number of carbonyl (C=O) groups is 1. The highest BCUT2D eigenvalue weighted by Crippen LogP contribution is 2.35. The second-order valence-electron chi connectivity index (χ2n) is 7.13. The van der Waals surface area contributed by atoms with Gasteiger partial charge in [0.2, 0.25) is 5.91 Å². The quantitative estimate of drug-likeness (QED) is 0.397. The van der Waals surface area contributed by atoms with Crippen LogP contribution in [0.3, 0.4) is 0 Å². The van der Waals surface area contributed by atoms with Crippen molar-refractivity contribution in [3.05, 3.63) is 44.6 Å². The number of thioether (sulfide) groups is 1. The fourth-order valence-electron chi connectivity index (χ4n) is 2.87. The summed E-state index contributed by atoms with van der Waals surface area (Å²) in [5.41, 5.74) is 1.16. The minimum atomic E-state index is -4.53. The van der Waals surface area contributed by atoms with E-state index in [9.17, 15) is 18.0 Å². The van der Waals surface area contributed by atoms with Crippen LogP contribution in [-0.4, -0.2) is 26.4 Å². The van der Waals surface area contributed by atoms with E-state index >= 15 is 0 Å². The SMILES string of the molecule is Cc1scc(-c2nnc(SCC(=O)Nc3cc(C(F)(F)F)ccc3Cl)n2C(C)C)c1C. The Morgan fingerprint density at radius 1 is 1.29 bits per heavy atom. The van der Waals surface area contributed by atoms with Gasteiger partial charge in [-0.15, -0.1) is 21.5 Å². The first-order valence-corrected chi connectivity index (χ1v) is 11.5. The Morgan fingerprint density at radius 3 is 2.58 bits per heavy atom. The maximum Gasteiger partial charge on any atom is 0.416 e. The second kappa shape index (κ2) is 9.22. The summed E-state index contributed by atoms with van der Waals surface area (Å²) in [5.74, 6) is 0.174. The predicted molar refractivity (Wildman–Crippen MR) is 119 cm³/mol. The number of anilines is 1. The van der Waals surface area contributed by atoms with Gasteiger partial charge in [0.05, 0.1) is 22.0 Å². The number of hydrogen-bond acceptors (Lipinski definition) is 5. The molecule has 0 aliphatic carbocycles. The summed E-state index contributed by atoms with van der Waals surface area (Å²) >= 11 is 8.74. The molecule has 1 aromatic carbocycles. The molecule has 0 aliphatic rings. The number of alkyl halides is 3. The fraction of sp³-hybridized carbons (Fsp3) is 0.350. The van der Waals surface area contributed by atoms with Gasteiger partial charge in [-0.2, -0.15) is 13.2 Å². The number of hydrogen-bond donors (Lipinski definition) is 1. The summed E-state index contributed by atoms with van der Waals surface area (Å²) in [6.07, 6.45) is -4.53. The van der Waals surface area contributed by atoms with Crippen molar-refractivity contribution in [2.24, 2.45) is 0 Å². The Kier molecular flexibility index (Phi) is 7.02. The molecule has 1 N–H and O–H groups in total. The number of aromatic nitrogens is 3. The van der Waals surface area contributed by atoms with Gasteiger partial charge in [-0.05, 0) is 51.5 Å². The molecule has 1 amide bonds. The van der Waals surface area contributed by atoms with E-state index in [1.807, 2.05) is 37.6 Å². The molecular weight excluding hydrogens is 469 g/mol. The van der Waals surface area contributed by atoms with Gasteiger partial charge < -0.3 is 5.32 Å². The van der Waals surface area contributed by atoms with Crippen LogP contribution < -0.4 is 5.32 Å². The summed E-state index contributed by atoms with van der Waals surface area (Å²) < 4.78 is 40.7. The van der Waals surface area contributed by atoms with Crippen molar-refractivity contribution in [1.82, 2.24) is 14.8 Å². The Hall–Kier alpha value is -2.04. The van der Waals surface area contributed by atoms with E-state index in [0.29, 0.717) is 5.16 Å². The molecule has 0 saturated carbocycles. The first-order chi connectivity index (χ1) is 14.5. The van der Waals surface area contributed by atoms with Gasteiger partial charge in [-0.25, -0.2) is 0 Å². The van der Waals surface area contributed by atoms with Crippen LogP contribution in [0.5, 0.6) is 0 Å².